The largest absolute Gasteiger partial charge is 0.507 e. The Morgan fingerprint density at radius 1 is 0.338 bits per heavy atom. The summed E-state index contributed by atoms with van der Waals surface area (Å²) in [5.41, 5.74) is 9.98. The molecule has 2 N–H and O–H groups in total. The molecule has 1 aliphatic rings. The highest BCUT2D eigenvalue weighted by atomic mass is 31.2. The highest BCUT2D eigenvalue weighted by molar-refractivity contribution is 7.49. The molecule has 0 unspecified atom stereocenters. The fraction of sp³-hybridized carbons (Fsp3) is 0.600. The summed E-state index contributed by atoms with van der Waals surface area (Å²) in [5.74, 6) is 1.96. The number of benzene rings is 4. The number of phenols is 2. The Morgan fingerprint density at radius 3 is 0.815 bits per heavy atom. The minimum Gasteiger partial charge on any atom is -0.507 e. The maximum absolute atomic E-state index is 13.2. The third-order valence-electron chi connectivity index (χ3n) is 13.8. The van der Waals surface area contributed by atoms with Gasteiger partial charge < -0.3 is 19.3 Å². The van der Waals surface area contributed by atoms with Gasteiger partial charge in [-0.15, -0.1) is 0 Å². The number of aromatic hydroxyl groups is 2. The molecule has 5 rings (SSSR count). The first-order valence-electron chi connectivity index (χ1n) is 24.2. The van der Waals surface area contributed by atoms with E-state index in [-0.39, 0.29) is 49.9 Å². The smallest absolute Gasteiger partial charge is 0.306 e. The average Bonchev–Trinajstić information content (AvgIpc) is 3.09. The standard InChI is InChI=1S/C60H89O4P/c1-35-40-27-36(52(2,3)4)33-46(58(20,21)22)50(40)63-65(64-51-41(35)28-37(53(5,6)7)34-47(51)59(23,24)25)60(26,44-31-38(54(8,9)10)29-42(48(44)61)56(14,15)16)45-32-39(55(11,12)13)30-43(49(45)62)57(17,18)19/h27-35,61-62H,1-26H3. The van der Waals surface area contributed by atoms with Crippen LogP contribution in [0.15, 0.2) is 48.5 Å². The Kier molecular flexibility index (Phi) is 13.2. The van der Waals surface area contributed by atoms with Crippen molar-refractivity contribution in [1.29, 1.82) is 0 Å². The van der Waals surface area contributed by atoms with Gasteiger partial charge in [-0.2, -0.15) is 0 Å². The molecule has 1 heterocycles. The zero-order valence-electron chi connectivity index (χ0n) is 45.9. The molecule has 0 saturated carbocycles. The molecule has 4 aromatic carbocycles. The van der Waals surface area contributed by atoms with E-state index in [9.17, 15) is 10.2 Å². The van der Waals surface area contributed by atoms with Crippen molar-refractivity contribution in [2.24, 2.45) is 0 Å². The van der Waals surface area contributed by atoms with E-state index in [2.05, 4.69) is 229 Å². The molecule has 0 radical (unpaired) electrons. The molecule has 0 spiro atoms. The summed E-state index contributed by atoms with van der Waals surface area (Å²) in [6.07, 6.45) is 0. The molecule has 358 valence electrons. The summed E-state index contributed by atoms with van der Waals surface area (Å²) in [6, 6.07) is 18.2. The van der Waals surface area contributed by atoms with Crippen LogP contribution in [0.25, 0.3) is 0 Å². The van der Waals surface area contributed by atoms with Gasteiger partial charge in [-0.3, -0.25) is 0 Å². The monoisotopic (exact) mass is 905 g/mol. The molecule has 0 aromatic heterocycles. The van der Waals surface area contributed by atoms with Crippen LogP contribution in [0.2, 0.25) is 0 Å². The summed E-state index contributed by atoms with van der Waals surface area (Å²) < 4.78 is 15.9. The second-order valence-corrected chi connectivity index (χ2v) is 29.7. The molecular formula is C60H89O4P. The molecule has 4 aromatic rings. The first-order chi connectivity index (χ1) is 28.9. The number of fused-ring (bicyclic) bond motifs is 2. The average molecular weight is 905 g/mol. The van der Waals surface area contributed by atoms with Gasteiger partial charge in [-0.1, -0.05) is 222 Å². The van der Waals surface area contributed by atoms with Gasteiger partial charge in [-0.05, 0) is 83.6 Å². The second kappa shape index (κ2) is 16.3. The Morgan fingerprint density at radius 2 is 0.569 bits per heavy atom. The van der Waals surface area contributed by atoms with Crippen molar-refractivity contribution >= 4 is 8.38 Å². The highest BCUT2D eigenvalue weighted by Gasteiger charge is 2.52. The van der Waals surface area contributed by atoms with Crippen molar-refractivity contribution < 1.29 is 19.3 Å². The van der Waals surface area contributed by atoms with Gasteiger partial charge in [0.05, 0.1) is 0 Å². The van der Waals surface area contributed by atoms with Gasteiger partial charge in [-0.25, -0.2) is 0 Å². The lowest BCUT2D eigenvalue weighted by molar-refractivity contribution is 0.394. The van der Waals surface area contributed by atoms with Crippen molar-refractivity contribution in [1.82, 2.24) is 0 Å². The van der Waals surface area contributed by atoms with Gasteiger partial charge in [0.15, 0.2) is 0 Å². The van der Waals surface area contributed by atoms with Crippen LogP contribution in [0.1, 0.15) is 253 Å². The third-order valence-corrected chi connectivity index (χ3v) is 15.8. The van der Waals surface area contributed by atoms with Crippen LogP contribution in [-0.4, -0.2) is 10.2 Å². The summed E-state index contributed by atoms with van der Waals surface area (Å²) in [6.45, 7) is 58.3. The molecule has 65 heavy (non-hydrogen) atoms. The molecular weight excluding hydrogens is 816 g/mol. The van der Waals surface area contributed by atoms with Crippen LogP contribution in [0, 0.1) is 0 Å². The van der Waals surface area contributed by atoms with E-state index in [1.807, 2.05) is 0 Å². The minimum absolute atomic E-state index is 0.0922. The molecule has 4 nitrogen and oxygen atoms in total. The fourth-order valence-electron chi connectivity index (χ4n) is 9.03. The zero-order chi connectivity index (χ0) is 50.0. The predicted octanol–water partition coefficient (Wildman–Crippen LogP) is 17.7. The Hall–Kier alpha value is -3.49. The van der Waals surface area contributed by atoms with Crippen molar-refractivity contribution in [3.63, 3.8) is 0 Å². The summed E-state index contributed by atoms with van der Waals surface area (Å²) in [4.78, 5) is 0. The first kappa shape index (κ1) is 52.5. The fourth-order valence-corrected chi connectivity index (χ4v) is 10.9. The van der Waals surface area contributed by atoms with E-state index < -0.39 is 24.4 Å². The second-order valence-electron chi connectivity index (χ2n) is 28.0. The van der Waals surface area contributed by atoms with Crippen LogP contribution in [0.5, 0.6) is 23.0 Å². The molecule has 0 fully saturated rings. The number of rotatable bonds is 3. The highest BCUT2D eigenvalue weighted by Crippen LogP contribution is 2.68. The summed E-state index contributed by atoms with van der Waals surface area (Å²) in [7, 11) is -2.15. The van der Waals surface area contributed by atoms with E-state index in [1.54, 1.807) is 0 Å². The molecule has 0 aliphatic carbocycles. The van der Waals surface area contributed by atoms with E-state index in [0.29, 0.717) is 11.1 Å². The van der Waals surface area contributed by atoms with E-state index in [4.69, 9.17) is 9.05 Å². The van der Waals surface area contributed by atoms with Crippen LogP contribution in [0.4, 0.5) is 0 Å². The van der Waals surface area contributed by atoms with Gasteiger partial charge in [0.25, 0.3) is 0 Å². The Balaban J connectivity index is 2.19. The van der Waals surface area contributed by atoms with E-state index >= 15 is 0 Å². The number of hydrogen-bond acceptors (Lipinski definition) is 4. The first-order valence-corrected chi connectivity index (χ1v) is 25.4. The lowest BCUT2D eigenvalue weighted by Gasteiger charge is -2.44. The van der Waals surface area contributed by atoms with E-state index in [0.717, 1.165) is 56.0 Å². The van der Waals surface area contributed by atoms with Gasteiger partial charge in [0.2, 0.25) is 0 Å². The van der Waals surface area contributed by atoms with Gasteiger partial charge in [0, 0.05) is 39.3 Å². The predicted molar refractivity (Wildman–Crippen MR) is 281 cm³/mol. The maximum Gasteiger partial charge on any atom is 0.306 e. The van der Waals surface area contributed by atoms with Crippen molar-refractivity contribution in [3.05, 3.63) is 115 Å². The van der Waals surface area contributed by atoms with Crippen molar-refractivity contribution in [3.8, 4) is 23.0 Å². The molecule has 1 aliphatic heterocycles. The zero-order valence-corrected chi connectivity index (χ0v) is 46.7. The summed E-state index contributed by atoms with van der Waals surface area (Å²) in [5, 5.41) is 25.1. The van der Waals surface area contributed by atoms with Crippen molar-refractivity contribution in [2.75, 3.05) is 0 Å². The Labute approximate surface area is 398 Å². The van der Waals surface area contributed by atoms with Crippen LogP contribution >= 0.6 is 8.38 Å². The molecule has 0 saturated heterocycles. The number of hydrogen-bond donors (Lipinski definition) is 2. The normalized spacial score (nSPS) is 17.1. The molecule has 0 bridgehead atoms. The molecule has 0 amide bonds. The van der Waals surface area contributed by atoms with Crippen LogP contribution in [-0.2, 0) is 48.5 Å². The minimum atomic E-state index is -2.15. The topological polar surface area (TPSA) is 58.9 Å². The van der Waals surface area contributed by atoms with Crippen LogP contribution < -0.4 is 9.05 Å². The lowest BCUT2D eigenvalue weighted by Crippen LogP contribution is -2.32. The Bertz CT molecular complexity index is 2280. The quantitative estimate of drug-likeness (QED) is 0.201. The van der Waals surface area contributed by atoms with E-state index in [1.165, 1.54) is 11.1 Å². The van der Waals surface area contributed by atoms with Crippen LogP contribution in [0.3, 0.4) is 0 Å². The maximum atomic E-state index is 13.2. The summed E-state index contributed by atoms with van der Waals surface area (Å²) >= 11 is 0. The van der Waals surface area contributed by atoms with Gasteiger partial charge >= 0.3 is 8.38 Å². The van der Waals surface area contributed by atoms with Gasteiger partial charge in [0.1, 0.15) is 28.2 Å². The molecule has 5 heteroatoms. The third kappa shape index (κ3) is 10.2. The number of phenolic OH excluding ortho intramolecular Hbond substituents is 2. The van der Waals surface area contributed by atoms with Crippen molar-refractivity contribution in [2.45, 2.75) is 234 Å². The SMILES string of the molecule is CC1c2cc(C(C)(C)C)cc(C(C)(C)C)c2OP(C(C)(c2cc(C(C)(C)C)cc(C(C)(C)C)c2O)c2cc(C(C)(C)C)cc(C(C)(C)C)c2O)Oc2c1cc(C(C)(C)C)cc2C(C)(C)C. The molecule has 0 atom stereocenters. The lowest BCUT2D eigenvalue weighted by atomic mass is 9.74.